The van der Waals surface area contributed by atoms with Crippen LogP contribution >= 0.6 is 0 Å². The fourth-order valence-electron chi connectivity index (χ4n) is 6.35. The molecule has 2 saturated heterocycles. The Morgan fingerprint density at radius 3 is 2.55 bits per heavy atom. The molecular formula is C37H61NO6. The van der Waals surface area contributed by atoms with Gasteiger partial charge in [-0.05, 0) is 61.5 Å². The van der Waals surface area contributed by atoms with E-state index in [1.165, 1.54) is 6.42 Å². The highest BCUT2D eigenvalue weighted by Gasteiger charge is 2.44. The minimum absolute atomic E-state index is 0.0883. The number of rotatable bonds is 11. The molecule has 0 bridgehead atoms. The van der Waals surface area contributed by atoms with Gasteiger partial charge >= 0.3 is 11.9 Å². The molecule has 7 heteroatoms. The monoisotopic (exact) mass is 615 g/mol. The number of epoxide rings is 1. The second kappa shape index (κ2) is 17.1. The summed E-state index contributed by atoms with van der Waals surface area (Å²) in [5.74, 6) is 1.38. The van der Waals surface area contributed by atoms with E-state index in [-0.39, 0.29) is 41.8 Å². The van der Waals surface area contributed by atoms with Crippen LogP contribution < -0.4 is 0 Å². The number of carbonyl (C=O) groups excluding carboxylic acids is 2. The standard InChI is InChI=1S/C37H61NO6/c1-10-27(4)30(7)36-31(42-36)22-25(2)12-11-13-28(5)35-29(6)14-15-32(43-34(40)24-38-18-20-41-21-19-38)37(8,9)17-16-26(3)23-33(39)44-35/h11-15,25-27,29-32,35-36H,10,16-24H2,1-9H3/b12-11+,15-14+,28-13+. The normalized spacial score (nSPS) is 33.4. The van der Waals surface area contributed by atoms with Crippen molar-refractivity contribution in [3.8, 4) is 0 Å². The number of nitrogens with zero attached hydrogens (tertiary/aromatic N) is 1. The molecule has 3 heterocycles. The van der Waals surface area contributed by atoms with Gasteiger partial charge in [0.05, 0.1) is 32.0 Å². The second-order valence-electron chi connectivity index (χ2n) is 14.7. The maximum atomic E-state index is 13.0. The van der Waals surface area contributed by atoms with Gasteiger partial charge in [0.1, 0.15) is 12.2 Å². The molecule has 250 valence electrons. The van der Waals surface area contributed by atoms with Crippen molar-refractivity contribution in [2.45, 2.75) is 119 Å². The van der Waals surface area contributed by atoms with Crippen LogP contribution in [0.5, 0.6) is 0 Å². The Balaban J connectivity index is 1.69. The number of ether oxygens (including phenoxy) is 4. The first kappa shape index (κ1) is 36.5. The topological polar surface area (TPSA) is 77.6 Å². The lowest BCUT2D eigenvalue weighted by Gasteiger charge is -2.35. The molecule has 0 radical (unpaired) electrons. The van der Waals surface area contributed by atoms with Crippen molar-refractivity contribution in [3.05, 3.63) is 36.0 Å². The molecular weight excluding hydrogens is 554 g/mol. The SMILES string of the molecule is CCC(C)C(C)C1OC1CC(C)/C=C/C=C(\C)C1OC(=O)CC(C)CCC(C)(C)C(OC(=O)CN2CCOCC2)/C=C/C1C. The summed E-state index contributed by atoms with van der Waals surface area (Å²) in [5.41, 5.74) is 0.721. The summed E-state index contributed by atoms with van der Waals surface area (Å²) in [4.78, 5) is 28.1. The number of hydrogen-bond acceptors (Lipinski definition) is 7. The van der Waals surface area contributed by atoms with Crippen molar-refractivity contribution in [3.63, 3.8) is 0 Å². The zero-order valence-corrected chi connectivity index (χ0v) is 29.1. The highest BCUT2D eigenvalue weighted by atomic mass is 16.6. The van der Waals surface area contributed by atoms with Gasteiger partial charge in [0.2, 0.25) is 0 Å². The minimum atomic E-state index is -0.398. The van der Waals surface area contributed by atoms with Gasteiger partial charge in [0.15, 0.2) is 0 Å². The molecule has 0 aromatic carbocycles. The molecule has 0 aliphatic carbocycles. The van der Waals surface area contributed by atoms with Crippen LogP contribution in [0.1, 0.15) is 94.4 Å². The number of esters is 2. The third kappa shape index (κ3) is 11.4. The lowest BCUT2D eigenvalue weighted by atomic mass is 9.78. The Morgan fingerprint density at radius 1 is 1.16 bits per heavy atom. The van der Waals surface area contributed by atoms with Crippen LogP contribution in [0.15, 0.2) is 36.0 Å². The average molecular weight is 616 g/mol. The second-order valence-corrected chi connectivity index (χ2v) is 14.7. The lowest BCUT2D eigenvalue weighted by Crippen LogP contribution is -2.42. The summed E-state index contributed by atoms with van der Waals surface area (Å²) in [5, 5.41) is 0. The Labute approximate surface area is 267 Å². The van der Waals surface area contributed by atoms with Crippen molar-refractivity contribution in [1.82, 2.24) is 4.90 Å². The summed E-state index contributed by atoms with van der Waals surface area (Å²) in [6.07, 6.45) is 14.7. The van der Waals surface area contributed by atoms with E-state index in [1.807, 2.05) is 13.0 Å². The van der Waals surface area contributed by atoms with E-state index in [4.69, 9.17) is 18.9 Å². The first-order chi connectivity index (χ1) is 20.8. The van der Waals surface area contributed by atoms with E-state index in [0.717, 1.165) is 37.9 Å². The Morgan fingerprint density at radius 2 is 1.86 bits per heavy atom. The number of cyclic esters (lactones) is 1. The Hall–Kier alpha value is -1.96. The zero-order valence-electron chi connectivity index (χ0n) is 29.1. The fraction of sp³-hybridized carbons (Fsp3) is 0.784. The van der Waals surface area contributed by atoms with E-state index in [0.29, 0.717) is 49.6 Å². The van der Waals surface area contributed by atoms with Crippen LogP contribution in [-0.2, 0) is 28.5 Å². The fourth-order valence-corrected chi connectivity index (χ4v) is 6.35. The Kier molecular flexibility index (Phi) is 14.2. The molecule has 0 saturated carbocycles. The molecule has 0 amide bonds. The first-order valence-corrected chi connectivity index (χ1v) is 17.2. The quantitative estimate of drug-likeness (QED) is 0.106. The number of morpholine rings is 1. The molecule has 0 aromatic rings. The van der Waals surface area contributed by atoms with E-state index in [2.05, 4.69) is 84.6 Å². The van der Waals surface area contributed by atoms with Crippen LogP contribution in [0.2, 0.25) is 0 Å². The van der Waals surface area contributed by atoms with Crippen molar-refractivity contribution >= 4 is 11.9 Å². The van der Waals surface area contributed by atoms with Crippen molar-refractivity contribution in [1.29, 1.82) is 0 Å². The summed E-state index contributed by atoms with van der Waals surface area (Å²) >= 11 is 0. The summed E-state index contributed by atoms with van der Waals surface area (Å²) in [6.45, 7) is 22.6. The van der Waals surface area contributed by atoms with Crippen LogP contribution in [0.4, 0.5) is 0 Å². The minimum Gasteiger partial charge on any atom is -0.457 e. The summed E-state index contributed by atoms with van der Waals surface area (Å²) < 4.78 is 23.7. The Bertz CT molecular complexity index is 1010. The molecule has 44 heavy (non-hydrogen) atoms. The summed E-state index contributed by atoms with van der Waals surface area (Å²) in [6, 6.07) is 0. The van der Waals surface area contributed by atoms with E-state index < -0.39 is 6.10 Å². The molecule has 3 aliphatic heterocycles. The van der Waals surface area contributed by atoms with Gasteiger partial charge in [0.25, 0.3) is 0 Å². The van der Waals surface area contributed by atoms with Gasteiger partial charge in [-0.3, -0.25) is 14.5 Å². The molecule has 9 atom stereocenters. The summed E-state index contributed by atoms with van der Waals surface area (Å²) in [7, 11) is 0. The zero-order chi connectivity index (χ0) is 32.4. The van der Waals surface area contributed by atoms with Crippen LogP contribution in [0, 0.1) is 35.0 Å². The van der Waals surface area contributed by atoms with Crippen LogP contribution in [-0.4, -0.2) is 74.1 Å². The number of allylic oxidation sites excluding steroid dienone is 3. The van der Waals surface area contributed by atoms with Crippen LogP contribution in [0.3, 0.4) is 0 Å². The molecule has 9 unspecified atom stereocenters. The third-order valence-electron chi connectivity index (χ3n) is 10.1. The van der Waals surface area contributed by atoms with Gasteiger partial charge in [-0.2, -0.15) is 0 Å². The highest BCUT2D eigenvalue weighted by molar-refractivity contribution is 5.72. The average Bonchev–Trinajstić information content (AvgIpc) is 3.74. The van der Waals surface area contributed by atoms with Crippen molar-refractivity contribution in [2.24, 2.45) is 35.0 Å². The highest BCUT2D eigenvalue weighted by Crippen LogP contribution is 2.38. The lowest BCUT2D eigenvalue weighted by molar-refractivity contribution is -0.154. The molecule has 7 nitrogen and oxygen atoms in total. The molecule has 3 rings (SSSR count). The molecule has 3 aliphatic rings. The third-order valence-corrected chi connectivity index (χ3v) is 10.1. The number of carbonyl (C=O) groups is 2. The maximum absolute atomic E-state index is 13.0. The molecule has 0 N–H and O–H groups in total. The molecule has 0 spiro atoms. The smallest absolute Gasteiger partial charge is 0.320 e. The van der Waals surface area contributed by atoms with Gasteiger partial charge in [0, 0.05) is 30.8 Å². The maximum Gasteiger partial charge on any atom is 0.320 e. The van der Waals surface area contributed by atoms with Gasteiger partial charge in [-0.1, -0.05) is 86.1 Å². The largest absolute Gasteiger partial charge is 0.457 e. The van der Waals surface area contributed by atoms with Crippen molar-refractivity contribution in [2.75, 3.05) is 32.8 Å². The van der Waals surface area contributed by atoms with Gasteiger partial charge in [-0.25, -0.2) is 0 Å². The van der Waals surface area contributed by atoms with Crippen LogP contribution in [0.25, 0.3) is 0 Å². The van der Waals surface area contributed by atoms with Gasteiger partial charge < -0.3 is 18.9 Å². The van der Waals surface area contributed by atoms with E-state index in [1.54, 1.807) is 0 Å². The number of hydrogen-bond donors (Lipinski definition) is 0. The van der Waals surface area contributed by atoms with E-state index in [9.17, 15) is 9.59 Å². The van der Waals surface area contributed by atoms with Crippen molar-refractivity contribution < 1.29 is 28.5 Å². The predicted molar refractivity (Wildman–Crippen MR) is 176 cm³/mol. The molecule has 0 aromatic heterocycles. The first-order valence-electron chi connectivity index (χ1n) is 17.2. The molecule has 2 fully saturated rings. The van der Waals surface area contributed by atoms with Gasteiger partial charge in [-0.15, -0.1) is 0 Å². The predicted octanol–water partition coefficient (Wildman–Crippen LogP) is 7.16. The van der Waals surface area contributed by atoms with E-state index >= 15 is 0 Å².